The van der Waals surface area contributed by atoms with E-state index in [4.69, 9.17) is 0 Å². The summed E-state index contributed by atoms with van der Waals surface area (Å²) < 4.78 is 0. The number of nitrogens with one attached hydrogen (secondary N) is 3. The predicted octanol–water partition coefficient (Wildman–Crippen LogP) is 1.17. The first-order valence-electron chi connectivity index (χ1n) is 8.09. The molecule has 4 atom stereocenters. The van der Waals surface area contributed by atoms with Crippen LogP contribution in [0.2, 0.25) is 0 Å². The SMILES string of the molecule is O=C1CCC(CNC2CCCCC2C2CCCN2)N1. The quantitative estimate of drug-likeness (QED) is 0.715. The fourth-order valence-electron chi connectivity index (χ4n) is 4.10. The Kier molecular flexibility index (Phi) is 4.38. The van der Waals surface area contributed by atoms with Crippen LogP contribution in [0.1, 0.15) is 51.4 Å². The molecule has 0 radical (unpaired) electrons. The number of hydrogen-bond donors (Lipinski definition) is 3. The van der Waals surface area contributed by atoms with Crippen LogP contribution < -0.4 is 16.0 Å². The van der Waals surface area contributed by atoms with E-state index >= 15 is 0 Å². The van der Waals surface area contributed by atoms with Crippen LogP contribution >= 0.6 is 0 Å². The molecule has 2 saturated heterocycles. The Hall–Kier alpha value is -0.610. The third-order valence-corrected chi connectivity index (χ3v) is 5.15. The van der Waals surface area contributed by atoms with Gasteiger partial charge in [0.15, 0.2) is 0 Å². The van der Waals surface area contributed by atoms with Gasteiger partial charge in [-0.25, -0.2) is 0 Å². The standard InChI is InChI=1S/C15H27N3O/c19-15-8-7-11(18-15)10-17-14-5-2-1-4-12(14)13-6-3-9-16-13/h11-14,16-17H,1-10H2,(H,18,19). The second-order valence-electron chi connectivity index (χ2n) is 6.47. The van der Waals surface area contributed by atoms with Gasteiger partial charge in [0.1, 0.15) is 0 Å². The molecule has 19 heavy (non-hydrogen) atoms. The van der Waals surface area contributed by atoms with E-state index in [2.05, 4.69) is 16.0 Å². The van der Waals surface area contributed by atoms with Crippen LogP contribution in [0, 0.1) is 5.92 Å². The summed E-state index contributed by atoms with van der Waals surface area (Å²) >= 11 is 0. The lowest BCUT2D eigenvalue weighted by Gasteiger charge is -2.37. The van der Waals surface area contributed by atoms with Crippen LogP contribution in [0.25, 0.3) is 0 Å². The minimum atomic E-state index is 0.226. The Morgan fingerprint density at radius 3 is 2.74 bits per heavy atom. The molecule has 1 saturated carbocycles. The molecule has 108 valence electrons. The number of rotatable bonds is 4. The van der Waals surface area contributed by atoms with Gasteiger partial charge in [-0.3, -0.25) is 4.79 Å². The fourth-order valence-corrected chi connectivity index (χ4v) is 4.10. The molecule has 3 rings (SSSR count). The number of carbonyl (C=O) groups excluding carboxylic acids is 1. The van der Waals surface area contributed by atoms with Gasteiger partial charge in [-0.15, -0.1) is 0 Å². The van der Waals surface area contributed by atoms with Crippen molar-refractivity contribution in [2.45, 2.75) is 69.5 Å². The third-order valence-electron chi connectivity index (χ3n) is 5.15. The van der Waals surface area contributed by atoms with E-state index in [1.165, 1.54) is 45.1 Å². The molecule has 4 unspecified atom stereocenters. The minimum absolute atomic E-state index is 0.226. The van der Waals surface area contributed by atoms with Crippen molar-refractivity contribution < 1.29 is 4.79 Å². The number of amides is 1. The second kappa shape index (κ2) is 6.23. The van der Waals surface area contributed by atoms with Gasteiger partial charge in [0, 0.05) is 31.1 Å². The van der Waals surface area contributed by atoms with Crippen molar-refractivity contribution >= 4 is 5.91 Å². The Morgan fingerprint density at radius 2 is 2.00 bits per heavy atom. The van der Waals surface area contributed by atoms with E-state index in [0.717, 1.165) is 24.9 Å². The molecular formula is C15H27N3O. The van der Waals surface area contributed by atoms with Crippen molar-refractivity contribution in [3.8, 4) is 0 Å². The summed E-state index contributed by atoms with van der Waals surface area (Å²) in [5, 5.41) is 10.5. The largest absolute Gasteiger partial charge is 0.352 e. The summed E-state index contributed by atoms with van der Waals surface area (Å²) in [6, 6.07) is 1.75. The molecule has 1 amide bonds. The van der Waals surface area contributed by atoms with Crippen LogP contribution in [-0.2, 0) is 4.79 Å². The van der Waals surface area contributed by atoms with Crippen molar-refractivity contribution in [2.24, 2.45) is 5.92 Å². The van der Waals surface area contributed by atoms with E-state index in [9.17, 15) is 4.79 Å². The zero-order valence-corrected chi connectivity index (χ0v) is 11.8. The van der Waals surface area contributed by atoms with Crippen molar-refractivity contribution in [3.05, 3.63) is 0 Å². The van der Waals surface area contributed by atoms with Crippen molar-refractivity contribution in [3.63, 3.8) is 0 Å². The van der Waals surface area contributed by atoms with Gasteiger partial charge in [0.25, 0.3) is 0 Å². The van der Waals surface area contributed by atoms with Crippen molar-refractivity contribution in [1.29, 1.82) is 0 Å². The third kappa shape index (κ3) is 3.29. The molecule has 2 heterocycles. The Bertz CT molecular complexity index is 315. The predicted molar refractivity (Wildman–Crippen MR) is 75.9 cm³/mol. The first-order chi connectivity index (χ1) is 9.33. The molecule has 4 heteroatoms. The average molecular weight is 265 g/mol. The molecule has 0 aromatic rings. The minimum Gasteiger partial charge on any atom is -0.352 e. The average Bonchev–Trinajstić information content (AvgIpc) is 3.08. The van der Waals surface area contributed by atoms with Gasteiger partial charge in [-0.05, 0) is 44.6 Å². The molecule has 4 nitrogen and oxygen atoms in total. The molecule has 0 aromatic carbocycles. The van der Waals surface area contributed by atoms with Crippen LogP contribution in [-0.4, -0.2) is 37.1 Å². The smallest absolute Gasteiger partial charge is 0.220 e. The fraction of sp³-hybridized carbons (Fsp3) is 0.933. The molecule has 3 fully saturated rings. The van der Waals surface area contributed by atoms with E-state index in [1.807, 2.05) is 0 Å². The summed E-state index contributed by atoms with van der Waals surface area (Å²) in [7, 11) is 0. The van der Waals surface area contributed by atoms with Gasteiger partial charge in [0.2, 0.25) is 5.91 Å². The van der Waals surface area contributed by atoms with Gasteiger partial charge in [-0.2, -0.15) is 0 Å². The van der Waals surface area contributed by atoms with Gasteiger partial charge >= 0.3 is 0 Å². The zero-order chi connectivity index (χ0) is 13.1. The molecule has 0 bridgehead atoms. The lowest BCUT2D eigenvalue weighted by atomic mass is 9.79. The van der Waals surface area contributed by atoms with Crippen LogP contribution in [0.15, 0.2) is 0 Å². The molecule has 0 spiro atoms. The summed E-state index contributed by atoms with van der Waals surface area (Å²) in [6.45, 7) is 2.16. The lowest BCUT2D eigenvalue weighted by molar-refractivity contribution is -0.119. The molecule has 0 aromatic heterocycles. The molecular weight excluding hydrogens is 238 g/mol. The summed E-state index contributed by atoms with van der Waals surface area (Å²) in [5.74, 6) is 1.03. The van der Waals surface area contributed by atoms with Crippen molar-refractivity contribution in [1.82, 2.24) is 16.0 Å². The molecule has 2 aliphatic heterocycles. The van der Waals surface area contributed by atoms with Crippen LogP contribution in [0.5, 0.6) is 0 Å². The molecule has 1 aliphatic carbocycles. The van der Waals surface area contributed by atoms with E-state index in [0.29, 0.717) is 18.5 Å². The first-order valence-corrected chi connectivity index (χ1v) is 8.09. The van der Waals surface area contributed by atoms with Gasteiger partial charge in [-0.1, -0.05) is 12.8 Å². The zero-order valence-electron chi connectivity index (χ0n) is 11.8. The summed E-state index contributed by atoms with van der Waals surface area (Å²) in [4.78, 5) is 11.2. The maximum absolute atomic E-state index is 11.2. The highest BCUT2D eigenvalue weighted by molar-refractivity contribution is 5.78. The lowest BCUT2D eigenvalue weighted by Crippen LogP contribution is -2.49. The van der Waals surface area contributed by atoms with Gasteiger partial charge in [0.05, 0.1) is 0 Å². The Balaban J connectivity index is 1.50. The maximum atomic E-state index is 11.2. The second-order valence-corrected chi connectivity index (χ2v) is 6.47. The van der Waals surface area contributed by atoms with Crippen molar-refractivity contribution in [2.75, 3.05) is 13.1 Å². The molecule has 3 aliphatic rings. The highest BCUT2D eigenvalue weighted by atomic mass is 16.1. The normalized spacial score (nSPS) is 39.5. The molecule has 3 N–H and O–H groups in total. The Labute approximate surface area is 116 Å². The first kappa shape index (κ1) is 13.4. The number of carbonyl (C=O) groups is 1. The Morgan fingerprint density at radius 1 is 1.11 bits per heavy atom. The maximum Gasteiger partial charge on any atom is 0.220 e. The highest BCUT2D eigenvalue weighted by Gasteiger charge is 2.33. The van der Waals surface area contributed by atoms with Crippen LogP contribution in [0.4, 0.5) is 0 Å². The highest BCUT2D eigenvalue weighted by Crippen LogP contribution is 2.30. The van der Waals surface area contributed by atoms with Gasteiger partial charge < -0.3 is 16.0 Å². The van der Waals surface area contributed by atoms with E-state index in [1.54, 1.807) is 0 Å². The van der Waals surface area contributed by atoms with Crippen LogP contribution in [0.3, 0.4) is 0 Å². The summed E-state index contributed by atoms with van der Waals surface area (Å²) in [5.41, 5.74) is 0. The van der Waals surface area contributed by atoms with E-state index in [-0.39, 0.29) is 5.91 Å². The van der Waals surface area contributed by atoms with E-state index < -0.39 is 0 Å². The monoisotopic (exact) mass is 265 g/mol. The number of hydrogen-bond acceptors (Lipinski definition) is 3. The topological polar surface area (TPSA) is 53.2 Å². The summed E-state index contributed by atoms with van der Waals surface area (Å²) in [6.07, 6.45) is 9.83.